The molecule has 2 heterocycles. The average Bonchev–Trinajstić information content (AvgIpc) is 4.06. The minimum atomic E-state index is -3.55. The fourth-order valence-corrected chi connectivity index (χ4v) is 7.98. The lowest BCUT2D eigenvalue weighted by atomic mass is 10.0. The number of nitrogens with two attached hydrogens (primary N) is 1. The van der Waals surface area contributed by atoms with E-state index in [0.717, 1.165) is 46.1 Å². The summed E-state index contributed by atoms with van der Waals surface area (Å²) in [6.07, 6.45) is 3.09. The maximum atomic E-state index is 11.9. The summed E-state index contributed by atoms with van der Waals surface area (Å²) in [4.78, 5) is 9.08. The van der Waals surface area contributed by atoms with Crippen LogP contribution < -0.4 is 19.9 Å². The zero-order valence-electron chi connectivity index (χ0n) is 33.0. The van der Waals surface area contributed by atoms with Gasteiger partial charge in [-0.2, -0.15) is 20.5 Å². The summed E-state index contributed by atoms with van der Waals surface area (Å²) in [5.74, 6) is 2.65. The Balaban J connectivity index is 0.000000181. The van der Waals surface area contributed by atoms with Crippen molar-refractivity contribution in [2.45, 2.75) is 77.7 Å². The second-order valence-corrected chi connectivity index (χ2v) is 16.3. The minimum absolute atomic E-state index is 0.00972. The van der Waals surface area contributed by atoms with Crippen molar-refractivity contribution in [2.75, 3.05) is 0 Å². The van der Waals surface area contributed by atoms with Gasteiger partial charge in [-0.25, -0.2) is 13.1 Å². The third-order valence-electron chi connectivity index (χ3n) is 9.87. The Morgan fingerprint density at radius 2 is 1.27 bits per heavy atom. The van der Waals surface area contributed by atoms with E-state index in [4.69, 9.17) is 24.3 Å². The molecule has 0 radical (unpaired) electrons. The summed E-state index contributed by atoms with van der Waals surface area (Å²) >= 11 is 0. The van der Waals surface area contributed by atoms with E-state index >= 15 is 0 Å². The lowest BCUT2D eigenvalue weighted by molar-refractivity contribution is 0.241. The van der Waals surface area contributed by atoms with Crippen molar-refractivity contribution in [2.24, 2.45) is 5.73 Å². The molecular weight excluding hydrogens is 769 g/mol. The van der Waals surface area contributed by atoms with Gasteiger partial charge in [0.05, 0.1) is 23.3 Å². The number of hydrogen-bond donors (Lipinski definition) is 2. The Morgan fingerprint density at radius 3 is 1.76 bits per heavy atom. The molecule has 2 aliphatic carbocycles. The fraction of sp³-hybridized carbons (Fsp3) is 0.273. The third-order valence-corrected chi connectivity index (χ3v) is 10.9. The third kappa shape index (κ3) is 8.78. The highest BCUT2D eigenvalue weighted by Gasteiger charge is 2.29. The summed E-state index contributed by atoms with van der Waals surface area (Å²) < 4.78 is 48.7. The van der Waals surface area contributed by atoms with Crippen LogP contribution in [0.4, 0.5) is 0 Å². The Morgan fingerprint density at radius 1 is 0.780 bits per heavy atom. The summed E-state index contributed by atoms with van der Waals surface area (Å²) in [7, 11) is -3.55. The molecule has 0 amide bonds. The van der Waals surface area contributed by atoms with Crippen LogP contribution in [0.1, 0.15) is 86.0 Å². The lowest BCUT2D eigenvalue weighted by Gasteiger charge is -2.13. The monoisotopic (exact) mass is 810 g/mol. The van der Waals surface area contributed by atoms with E-state index < -0.39 is 10.0 Å². The van der Waals surface area contributed by atoms with Crippen molar-refractivity contribution in [3.05, 3.63) is 118 Å². The quantitative estimate of drug-likeness (QED) is 0.127. The molecule has 0 aliphatic heterocycles. The molecule has 6 aromatic rings. The van der Waals surface area contributed by atoms with Gasteiger partial charge in [0.1, 0.15) is 23.6 Å². The molecule has 0 saturated heterocycles. The molecule has 15 heteroatoms. The average molecular weight is 811 g/mol. The number of fused-ring (bicyclic) bond motifs is 2. The van der Waals surface area contributed by atoms with E-state index in [1.165, 1.54) is 5.56 Å². The number of nitrogens with one attached hydrogen (secondary N) is 1. The lowest BCUT2D eigenvalue weighted by Crippen LogP contribution is -2.25. The summed E-state index contributed by atoms with van der Waals surface area (Å²) in [5.41, 5.74) is 14.2. The number of benzene rings is 4. The van der Waals surface area contributed by atoms with Crippen molar-refractivity contribution >= 4 is 10.0 Å². The molecule has 300 valence electrons. The van der Waals surface area contributed by atoms with Crippen molar-refractivity contribution < 1.29 is 26.9 Å². The first kappa shape index (κ1) is 40.5. The molecule has 14 nitrogen and oxygen atoms in total. The Hall–Kier alpha value is -6.65. The smallest absolute Gasteiger partial charge is 0.258 e. The molecule has 8 rings (SSSR count). The predicted octanol–water partition coefficient (Wildman–Crippen LogP) is 8.12. The zero-order chi connectivity index (χ0) is 41.8. The number of sulfonamides is 1. The standard InChI is InChI=1S/C23H22N4O4S.C21H20N4O2/c1-4-32(28,29)27-20-10-9-17-18(20)6-5-7-19(17)22-25-23(31-26-22)15-8-11-21(30-14(2)3)16(12-15)13-24;1-12(2)26-19-9-6-13(10-14(19)11-22)21-24-20(25-27-21)17-5-3-4-16-15(17)7-8-18(16)23/h4-8,11-12,14,20,27H,1,9-10H2,2-3H3;3-6,9-10,12,18H,7-8,23H2,1-2H3/t20-;18-/m00/s1. The maximum absolute atomic E-state index is 11.9. The van der Waals surface area contributed by atoms with Crippen molar-refractivity contribution in [1.82, 2.24) is 25.0 Å². The first-order valence-corrected chi connectivity index (χ1v) is 20.7. The Kier molecular flexibility index (Phi) is 11.7. The molecule has 59 heavy (non-hydrogen) atoms. The van der Waals surface area contributed by atoms with Gasteiger partial charge in [0.15, 0.2) is 0 Å². The Labute approximate surface area is 342 Å². The van der Waals surface area contributed by atoms with E-state index in [2.05, 4.69) is 49.8 Å². The predicted molar refractivity (Wildman–Crippen MR) is 220 cm³/mol. The van der Waals surface area contributed by atoms with Crippen LogP contribution >= 0.6 is 0 Å². The van der Waals surface area contributed by atoms with E-state index in [9.17, 15) is 18.9 Å². The molecule has 2 aliphatic rings. The van der Waals surface area contributed by atoms with Gasteiger partial charge in [0.2, 0.25) is 21.7 Å². The SMILES string of the molecule is C=CS(=O)(=O)N[C@H]1CCc2c(-c3noc(-c4ccc(OC(C)C)c(C#N)c4)n3)cccc21.CC(C)Oc1ccc(-c2nc(-c3cccc4c3CC[C@@H]4N)no2)cc1C#N. The molecule has 2 aromatic heterocycles. The van der Waals surface area contributed by atoms with Crippen LogP contribution in [0.25, 0.3) is 45.7 Å². The molecule has 0 bridgehead atoms. The van der Waals surface area contributed by atoms with Crippen LogP contribution in [0.5, 0.6) is 11.5 Å². The number of hydrogen-bond acceptors (Lipinski definition) is 13. The molecule has 4 aromatic carbocycles. The van der Waals surface area contributed by atoms with Crippen LogP contribution in [0.15, 0.2) is 93.8 Å². The number of rotatable bonds is 11. The highest BCUT2D eigenvalue weighted by molar-refractivity contribution is 7.92. The second kappa shape index (κ2) is 17.1. The summed E-state index contributed by atoms with van der Waals surface area (Å²) in [5, 5.41) is 28.1. The van der Waals surface area contributed by atoms with Crippen molar-refractivity contribution in [1.29, 1.82) is 10.5 Å². The molecule has 0 unspecified atom stereocenters. The number of nitrogens with zero attached hydrogens (tertiary/aromatic N) is 6. The van der Waals surface area contributed by atoms with Gasteiger partial charge < -0.3 is 24.3 Å². The van der Waals surface area contributed by atoms with E-state index in [-0.39, 0.29) is 30.2 Å². The van der Waals surface area contributed by atoms with Gasteiger partial charge in [-0.3, -0.25) is 0 Å². The first-order chi connectivity index (χ1) is 28.4. The molecule has 3 N–H and O–H groups in total. The van der Waals surface area contributed by atoms with Gasteiger partial charge in [-0.05, 0) is 112 Å². The number of ether oxygens (including phenoxy) is 2. The molecular formula is C44H42N8O6S. The van der Waals surface area contributed by atoms with Gasteiger partial charge in [0.25, 0.3) is 11.8 Å². The molecule has 2 atom stereocenters. The van der Waals surface area contributed by atoms with E-state index in [1.54, 1.807) is 30.3 Å². The van der Waals surface area contributed by atoms with E-state index in [0.29, 0.717) is 64.1 Å². The first-order valence-electron chi connectivity index (χ1n) is 19.1. The maximum Gasteiger partial charge on any atom is 0.258 e. The van der Waals surface area contributed by atoms with Crippen LogP contribution in [-0.4, -0.2) is 40.9 Å². The van der Waals surface area contributed by atoms with Crippen LogP contribution in [0.3, 0.4) is 0 Å². The van der Waals surface area contributed by atoms with Gasteiger partial charge in [0, 0.05) is 39.7 Å². The second-order valence-electron chi connectivity index (χ2n) is 14.6. The number of nitriles is 2. The Bertz CT molecular complexity index is 2730. The largest absolute Gasteiger partial charge is 0.490 e. The van der Waals surface area contributed by atoms with Gasteiger partial charge in [-0.15, -0.1) is 0 Å². The highest BCUT2D eigenvalue weighted by Crippen LogP contribution is 2.39. The highest BCUT2D eigenvalue weighted by atomic mass is 32.2. The zero-order valence-corrected chi connectivity index (χ0v) is 33.8. The molecule has 0 fully saturated rings. The topological polar surface area (TPSA) is 216 Å². The molecule has 0 spiro atoms. The van der Waals surface area contributed by atoms with Crippen LogP contribution in [0, 0.1) is 22.7 Å². The van der Waals surface area contributed by atoms with Crippen molar-refractivity contribution in [3.63, 3.8) is 0 Å². The van der Waals surface area contributed by atoms with Gasteiger partial charge in [-0.1, -0.05) is 53.3 Å². The summed E-state index contributed by atoms with van der Waals surface area (Å²) in [6.45, 7) is 11.0. The van der Waals surface area contributed by atoms with E-state index in [1.807, 2.05) is 64.1 Å². The van der Waals surface area contributed by atoms with Crippen LogP contribution in [0.2, 0.25) is 0 Å². The molecule has 0 saturated carbocycles. The fourth-order valence-electron chi connectivity index (χ4n) is 7.24. The number of aromatic nitrogens is 4. The summed E-state index contributed by atoms with van der Waals surface area (Å²) in [6, 6.07) is 26.1. The normalized spacial score (nSPS) is 15.5. The minimum Gasteiger partial charge on any atom is -0.490 e. The van der Waals surface area contributed by atoms with Gasteiger partial charge >= 0.3 is 0 Å². The van der Waals surface area contributed by atoms with Crippen LogP contribution in [-0.2, 0) is 22.9 Å². The van der Waals surface area contributed by atoms with Crippen molar-refractivity contribution in [3.8, 4) is 69.3 Å².